The van der Waals surface area contributed by atoms with E-state index in [1.54, 1.807) is 0 Å². The van der Waals surface area contributed by atoms with Gasteiger partial charge in [-0.15, -0.1) is 0 Å². The van der Waals surface area contributed by atoms with E-state index in [1.807, 2.05) is 6.07 Å². The largest absolute Gasteiger partial charge is 0.326 e. The molecular formula is C14H24N2. The van der Waals surface area contributed by atoms with Crippen molar-refractivity contribution in [1.29, 1.82) is 0 Å². The summed E-state index contributed by atoms with van der Waals surface area (Å²) in [6.07, 6.45) is 2.17. The number of hydrogen-bond donors (Lipinski definition) is 2. The van der Waals surface area contributed by atoms with Crippen LogP contribution in [0.2, 0.25) is 0 Å². The van der Waals surface area contributed by atoms with Gasteiger partial charge in [-0.25, -0.2) is 0 Å². The van der Waals surface area contributed by atoms with E-state index in [0.29, 0.717) is 0 Å². The molecule has 0 saturated carbocycles. The van der Waals surface area contributed by atoms with Crippen molar-refractivity contribution in [2.45, 2.75) is 32.7 Å². The molecule has 0 amide bonds. The maximum absolute atomic E-state index is 6.06. The zero-order valence-corrected chi connectivity index (χ0v) is 10.4. The highest BCUT2D eigenvalue weighted by Crippen LogP contribution is 2.01. The van der Waals surface area contributed by atoms with E-state index in [-0.39, 0.29) is 6.04 Å². The van der Waals surface area contributed by atoms with E-state index in [1.165, 1.54) is 12.0 Å². The molecule has 1 atom stereocenters. The van der Waals surface area contributed by atoms with Crippen molar-refractivity contribution < 1.29 is 0 Å². The molecular weight excluding hydrogens is 196 g/mol. The minimum absolute atomic E-state index is 0.217. The molecule has 0 unspecified atom stereocenters. The van der Waals surface area contributed by atoms with Gasteiger partial charge in [0.1, 0.15) is 0 Å². The van der Waals surface area contributed by atoms with Crippen LogP contribution in [0, 0.1) is 5.92 Å². The van der Waals surface area contributed by atoms with Gasteiger partial charge in [0.2, 0.25) is 0 Å². The SMILES string of the molecule is CC(C)CCNC[C@@H](N)Cc1ccccc1. The summed E-state index contributed by atoms with van der Waals surface area (Å²) in [6, 6.07) is 10.6. The van der Waals surface area contributed by atoms with Crippen molar-refractivity contribution in [2.24, 2.45) is 11.7 Å². The molecule has 90 valence electrons. The normalized spacial score (nSPS) is 13.0. The van der Waals surface area contributed by atoms with E-state index < -0.39 is 0 Å². The van der Waals surface area contributed by atoms with E-state index in [0.717, 1.165) is 25.4 Å². The second-order valence-corrected chi connectivity index (χ2v) is 4.84. The van der Waals surface area contributed by atoms with Gasteiger partial charge >= 0.3 is 0 Å². The molecule has 2 nitrogen and oxygen atoms in total. The smallest absolute Gasteiger partial charge is 0.0206 e. The number of hydrogen-bond acceptors (Lipinski definition) is 2. The molecule has 1 aromatic carbocycles. The lowest BCUT2D eigenvalue weighted by Gasteiger charge is -2.13. The first-order valence-electron chi connectivity index (χ1n) is 6.18. The predicted molar refractivity (Wildman–Crippen MR) is 70.4 cm³/mol. The summed E-state index contributed by atoms with van der Waals surface area (Å²) in [6.45, 7) is 6.46. The van der Waals surface area contributed by atoms with Crippen LogP contribution < -0.4 is 11.1 Å². The summed E-state index contributed by atoms with van der Waals surface area (Å²) in [5.74, 6) is 0.762. The van der Waals surface area contributed by atoms with Crippen molar-refractivity contribution in [3.8, 4) is 0 Å². The standard InChI is InChI=1S/C14H24N2/c1-12(2)8-9-16-11-14(15)10-13-6-4-3-5-7-13/h3-7,12,14,16H,8-11,15H2,1-2H3/t14-/m0/s1. The third kappa shape index (κ3) is 5.89. The Bertz CT molecular complexity index is 269. The molecule has 0 aliphatic heterocycles. The molecule has 0 aliphatic carbocycles. The molecule has 3 N–H and O–H groups in total. The van der Waals surface area contributed by atoms with Gasteiger partial charge in [0.25, 0.3) is 0 Å². The molecule has 0 fully saturated rings. The second-order valence-electron chi connectivity index (χ2n) is 4.84. The fraction of sp³-hybridized carbons (Fsp3) is 0.571. The van der Waals surface area contributed by atoms with Crippen LogP contribution in [-0.4, -0.2) is 19.1 Å². The molecule has 0 aromatic heterocycles. The Balaban J connectivity index is 2.14. The monoisotopic (exact) mass is 220 g/mol. The van der Waals surface area contributed by atoms with Crippen molar-refractivity contribution in [2.75, 3.05) is 13.1 Å². The van der Waals surface area contributed by atoms with Crippen LogP contribution in [0.25, 0.3) is 0 Å². The summed E-state index contributed by atoms with van der Waals surface area (Å²) in [5.41, 5.74) is 7.38. The molecule has 0 spiro atoms. The highest BCUT2D eigenvalue weighted by molar-refractivity contribution is 5.15. The van der Waals surface area contributed by atoms with Crippen LogP contribution in [-0.2, 0) is 6.42 Å². The van der Waals surface area contributed by atoms with Crippen LogP contribution in [0.5, 0.6) is 0 Å². The van der Waals surface area contributed by atoms with Crippen LogP contribution >= 0.6 is 0 Å². The summed E-state index contributed by atoms with van der Waals surface area (Å²) < 4.78 is 0. The van der Waals surface area contributed by atoms with Crippen LogP contribution in [0.4, 0.5) is 0 Å². The molecule has 0 aliphatic rings. The lowest BCUT2D eigenvalue weighted by Crippen LogP contribution is -2.36. The minimum Gasteiger partial charge on any atom is -0.326 e. The molecule has 0 radical (unpaired) electrons. The highest BCUT2D eigenvalue weighted by atomic mass is 14.9. The Morgan fingerprint density at radius 3 is 2.50 bits per heavy atom. The topological polar surface area (TPSA) is 38.0 Å². The van der Waals surface area contributed by atoms with Crippen molar-refractivity contribution in [3.05, 3.63) is 35.9 Å². The van der Waals surface area contributed by atoms with Crippen LogP contribution in [0.3, 0.4) is 0 Å². The Hall–Kier alpha value is -0.860. The van der Waals surface area contributed by atoms with Crippen molar-refractivity contribution in [1.82, 2.24) is 5.32 Å². The molecule has 0 saturated heterocycles. The van der Waals surface area contributed by atoms with E-state index in [9.17, 15) is 0 Å². The average molecular weight is 220 g/mol. The number of nitrogens with two attached hydrogens (primary N) is 1. The summed E-state index contributed by atoms with van der Waals surface area (Å²) in [4.78, 5) is 0. The van der Waals surface area contributed by atoms with Gasteiger partial charge in [0, 0.05) is 12.6 Å². The Morgan fingerprint density at radius 2 is 1.88 bits per heavy atom. The first-order valence-corrected chi connectivity index (χ1v) is 6.18. The molecule has 1 rings (SSSR count). The Kier molecular flexibility index (Phi) is 6.12. The first-order chi connectivity index (χ1) is 7.68. The molecule has 0 heterocycles. The highest BCUT2D eigenvalue weighted by Gasteiger charge is 2.03. The lowest BCUT2D eigenvalue weighted by molar-refractivity contribution is 0.509. The maximum atomic E-state index is 6.06. The molecule has 16 heavy (non-hydrogen) atoms. The van der Waals surface area contributed by atoms with E-state index in [4.69, 9.17) is 5.73 Å². The van der Waals surface area contributed by atoms with Crippen LogP contribution in [0.1, 0.15) is 25.8 Å². The zero-order chi connectivity index (χ0) is 11.8. The van der Waals surface area contributed by atoms with Gasteiger partial charge in [0.15, 0.2) is 0 Å². The lowest BCUT2D eigenvalue weighted by atomic mass is 10.1. The second kappa shape index (κ2) is 7.42. The van der Waals surface area contributed by atoms with Crippen molar-refractivity contribution in [3.63, 3.8) is 0 Å². The fourth-order valence-corrected chi connectivity index (χ4v) is 1.67. The minimum atomic E-state index is 0.217. The number of nitrogens with one attached hydrogen (secondary N) is 1. The van der Waals surface area contributed by atoms with Gasteiger partial charge in [-0.1, -0.05) is 44.2 Å². The van der Waals surface area contributed by atoms with Gasteiger partial charge < -0.3 is 11.1 Å². The van der Waals surface area contributed by atoms with Gasteiger partial charge in [-0.3, -0.25) is 0 Å². The summed E-state index contributed by atoms with van der Waals surface area (Å²) in [5, 5.41) is 3.41. The summed E-state index contributed by atoms with van der Waals surface area (Å²) >= 11 is 0. The third-order valence-electron chi connectivity index (χ3n) is 2.65. The zero-order valence-electron chi connectivity index (χ0n) is 10.4. The first kappa shape index (κ1) is 13.2. The van der Waals surface area contributed by atoms with Crippen molar-refractivity contribution >= 4 is 0 Å². The quantitative estimate of drug-likeness (QED) is 0.691. The number of benzene rings is 1. The predicted octanol–water partition coefficient (Wildman–Crippen LogP) is 2.19. The van der Waals surface area contributed by atoms with E-state index >= 15 is 0 Å². The van der Waals surface area contributed by atoms with Gasteiger partial charge in [0.05, 0.1) is 0 Å². The summed E-state index contributed by atoms with van der Waals surface area (Å²) in [7, 11) is 0. The molecule has 2 heteroatoms. The van der Waals surface area contributed by atoms with Gasteiger partial charge in [-0.05, 0) is 30.9 Å². The average Bonchev–Trinajstić information content (AvgIpc) is 2.25. The fourth-order valence-electron chi connectivity index (χ4n) is 1.67. The Labute approximate surface area is 99.2 Å². The third-order valence-corrected chi connectivity index (χ3v) is 2.65. The maximum Gasteiger partial charge on any atom is 0.0206 e. The molecule has 1 aromatic rings. The van der Waals surface area contributed by atoms with E-state index in [2.05, 4.69) is 43.4 Å². The van der Waals surface area contributed by atoms with Crippen LogP contribution in [0.15, 0.2) is 30.3 Å². The van der Waals surface area contributed by atoms with Gasteiger partial charge in [-0.2, -0.15) is 0 Å². The number of rotatable bonds is 7. The Morgan fingerprint density at radius 1 is 1.19 bits per heavy atom. The molecule has 0 bridgehead atoms.